The zero-order chi connectivity index (χ0) is 14.4. The summed E-state index contributed by atoms with van der Waals surface area (Å²) in [5, 5.41) is 0. The first-order valence-electron chi connectivity index (χ1n) is 6.00. The number of carbonyl (C=O) groups excluding carboxylic acids is 1. The highest BCUT2D eigenvalue weighted by Gasteiger charge is 2.16. The van der Waals surface area contributed by atoms with Gasteiger partial charge in [0.25, 0.3) is 0 Å². The molecule has 0 N–H and O–H groups in total. The van der Waals surface area contributed by atoms with Crippen LogP contribution in [-0.4, -0.2) is 28.9 Å². The van der Waals surface area contributed by atoms with Crippen LogP contribution in [0.4, 0.5) is 5.82 Å². The second-order valence-electron chi connectivity index (χ2n) is 4.03. The SMILES string of the molecule is COc1cccc(CN(C(=O)CCl)c2ccncn2)c1. The molecule has 0 atom stereocenters. The van der Waals surface area contributed by atoms with Crippen LogP contribution in [0, 0.1) is 0 Å². The molecule has 104 valence electrons. The van der Waals surface area contributed by atoms with Crippen molar-refractivity contribution in [3.63, 3.8) is 0 Å². The molecule has 2 aromatic rings. The van der Waals surface area contributed by atoms with Crippen molar-refractivity contribution in [3.05, 3.63) is 48.4 Å². The maximum Gasteiger partial charge on any atom is 0.243 e. The van der Waals surface area contributed by atoms with Gasteiger partial charge in [0.05, 0.1) is 13.7 Å². The summed E-state index contributed by atoms with van der Waals surface area (Å²) in [4.78, 5) is 21.4. The lowest BCUT2D eigenvalue weighted by Gasteiger charge is -2.20. The first-order valence-corrected chi connectivity index (χ1v) is 6.53. The molecule has 0 saturated heterocycles. The lowest BCUT2D eigenvalue weighted by molar-refractivity contribution is -0.116. The van der Waals surface area contributed by atoms with Gasteiger partial charge < -0.3 is 4.74 Å². The Morgan fingerprint density at radius 1 is 1.40 bits per heavy atom. The van der Waals surface area contributed by atoms with Gasteiger partial charge in [0, 0.05) is 6.20 Å². The van der Waals surface area contributed by atoms with Crippen LogP contribution in [0.2, 0.25) is 0 Å². The lowest BCUT2D eigenvalue weighted by atomic mass is 10.2. The number of halogens is 1. The maximum absolute atomic E-state index is 12.0. The summed E-state index contributed by atoms with van der Waals surface area (Å²) in [6, 6.07) is 9.18. The highest BCUT2D eigenvalue weighted by atomic mass is 35.5. The molecule has 0 aliphatic heterocycles. The molecule has 1 heterocycles. The Labute approximate surface area is 122 Å². The second-order valence-corrected chi connectivity index (χ2v) is 4.30. The van der Waals surface area contributed by atoms with Crippen LogP contribution in [0.15, 0.2) is 42.9 Å². The zero-order valence-electron chi connectivity index (χ0n) is 11.0. The van der Waals surface area contributed by atoms with E-state index in [1.54, 1.807) is 19.4 Å². The topological polar surface area (TPSA) is 55.3 Å². The summed E-state index contributed by atoms with van der Waals surface area (Å²) in [6.07, 6.45) is 2.98. The molecule has 1 aromatic carbocycles. The van der Waals surface area contributed by atoms with Crippen molar-refractivity contribution in [3.8, 4) is 5.75 Å². The predicted octanol–water partition coefficient (Wildman–Crippen LogP) is 2.26. The Kier molecular flexibility index (Phi) is 4.90. The van der Waals surface area contributed by atoms with Gasteiger partial charge in [0.1, 0.15) is 23.8 Å². The Morgan fingerprint density at radius 2 is 2.25 bits per heavy atom. The van der Waals surface area contributed by atoms with Crippen molar-refractivity contribution in [2.45, 2.75) is 6.54 Å². The highest BCUT2D eigenvalue weighted by Crippen LogP contribution is 2.18. The molecule has 1 aromatic heterocycles. The third-order valence-corrected chi connectivity index (χ3v) is 2.96. The number of methoxy groups -OCH3 is 1. The van der Waals surface area contributed by atoms with Crippen molar-refractivity contribution in [2.75, 3.05) is 17.9 Å². The van der Waals surface area contributed by atoms with E-state index in [1.807, 2.05) is 24.3 Å². The summed E-state index contributed by atoms with van der Waals surface area (Å²) in [5.41, 5.74) is 0.932. The van der Waals surface area contributed by atoms with Gasteiger partial charge in [0.15, 0.2) is 0 Å². The Morgan fingerprint density at radius 3 is 2.90 bits per heavy atom. The highest BCUT2D eigenvalue weighted by molar-refractivity contribution is 6.29. The molecular weight excluding hydrogens is 278 g/mol. The Hall–Kier alpha value is -2.14. The molecule has 1 amide bonds. The van der Waals surface area contributed by atoms with E-state index in [0.29, 0.717) is 12.4 Å². The fourth-order valence-electron chi connectivity index (χ4n) is 1.77. The number of hydrogen-bond acceptors (Lipinski definition) is 4. The Balaban J connectivity index is 2.26. The molecule has 0 aliphatic rings. The lowest BCUT2D eigenvalue weighted by Crippen LogP contribution is -2.32. The molecule has 0 radical (unpaired) electrons. The van der Waals surface area contributed by atoms with Crippen molar-refractivity contribution in [1.82, 2.24) is 9.97 Å². The van der Waals surface area contributed by atoms with Crippen LogP contribution in [0.1, 0.15) is 5.56 Å². The van der Waals surface area contributed by atoms with E-state index in [1.165, 1.54) is 11.2 Å². The molecule has 0 spiro atoms. The number of aromatic nitrogens is 2. The molecule has 0 saturated carbocycles. The van der Waals surface area contributed by atoms with Gasteiger partial charge in [-0.25, -0.2) is 9.97 Å². The summed E-state index contributed by atoms with van der Waals surface area (Å²) in [6.45, 7) is 0.375. The number of alkyl halides is 1. The maximum atomic E-state index is 12.0. The predicted molar refractivity (Wildman–Crippen MR) is 76.9 cm³/mol. The molecule has 0 aliphatic carbocycles. The smallest absolute Gasteiger partial charge is 0.243 e. The molecule has 0 fully saturated rings. The molecule has 0 unspecified atom stereocenters. The largest absolute Gasteiger partial charge is 0.497 e. The molecule has 20 heavy (non-hydrogen) atoms. The van der Waals surface area contributed by atoms with E-state index < -0.39 is 0 Å². The average Bonchev–Trinajstić information content (AvgIpc) is 2.53. The number of hydrogen-bond donors (Lipinski definition) is 0. The van der Waals surface area contributed by atoms with Crippen LogP contribution >= 0.6 is 11.6 Å². The van der Waals surface area contributed by atoms with E-state index >= 15 is 0 Å². The third-order valence-electron chi connectivity index (χ3n) is 2.73. The van der Waals surface area contributed by atoms with Gasteiger partial charge in [-0.15, -0.1) is 11.6 Å². The normalized spacial score (nSPS) is 10.1. The zero-order valence-corrected chi connectivity index (χ0v) is 11.7. The minimum Gasteiger partial charge on any atom is -0.497 e. The second kappa shape index (κ2) is 6.86. The van der Waals surface area contributed by atoms with Crippen LogP contribution in [0.5, 0.6) is 5.75 Å². The van der Waals surface area contributed by atoms with Gasteiger partial charge in [0.2, 0.25) is 5.91 Å². The van der Waals surface area contributed by atoms with Gasteiger partial charge in [-0.1, -0.05) is 12.1 Å². The number of anilines is 1. The minimum atomic E-state index is -0.215. The van der Waals surface area contributed by atoms with Gasteiger partial charge in [-0.3, -0.25) is 9.69 Å². The summed E-state index contributed by atoms with van der Waals surface area (Å²) < 4.78 is 5.17. The first-order chi connectivity index (χ1) is 9.74. The summed E-state index contributed by atoms with van der Waals surface area (Å²) in [5.74, 6) is 0.943. The Bertz CT molecular complexity index is 578. The number of benzene rings is 1. The monoisotopic (exact) mass is 291 g/mol. The number of ether oxygens (including phenoxy) is 1. The molecule has 2 rings (SSSR count). The van der Waals surface area contributed by atoms with Gasteiger partial charge in [-0.2, -0.15) is 0 Å². The van der Waals surface area contributed by atoms with Crippen molar-refractivity contribution in [2.24, 2.45) is 0 Å². The fraction of sp³-hybridized carbons (Fsp3) is 0.214. The number of carbonyl (C=O) groups is 1. The number of nitrogens with zero attached hydrogens (tertiary/aromatic N) is 3. The molecule has 6 heteroatoms. The average molecular weight is 292 g/mol. The summed E-state index contributed by atoms with van der Waals surface area (Å²) >= 11 is 5.66. The van der Waals surface area contributed by atoms with E-state index in [-0.39, 0.29) is 11.8 Å². The molecule has 5 nitrogen and oxygen atoms in total. The fourth-order valence-corrected chi connectivity index (χ4v) is 1.91. The van der Waals surface area contributed by atoms with E-state index in [9.17, 15) is 4.79 Å². The van der Waals surface area contributed by atoms with E-state index in [2.05, 4.69) is 9.97 Å². The minimum absolute atomic E-state index is 0.103. The van der Waals surface area contributed by atoms with E-state index in [0.717, 1.165) is 11.3 Å². The quantitative estimate of drug-likeness (QED) is 0.793. The van der Waals surface area contributed by atoms with Crippen LogP contribution in [0.3, 0.4) is 0 Å². The van der Waals surface area contributed by atoms with E-state index in [4.69, 9.17) is 16.3 Å². The van der Waals surface area contributed by atoms with Crippen molar-refractivity contribution >= 4 is 23.3 Å². The standard InChI is InChI=1S/C14H14ClN3O2/c1-20-12-4-2-3-11(7-12)9-18(14(19)8-15)13-5-6-16-10-17-13/h2-7,10H,8-9H2,1H3. The first kappa shape index (κ1) is 14.3. The van der Waals surface area contributed by atoms with Gasteiger partial charge in [-0.05, 0) is 23.8 Å². The third kappa shape index (κ3) is 3.45. The number of rotatable bonds is 5. The van der Waals surface area contributed by atoms with Gasteiger partial charge >= 0.3 is 0 Å². The number of amides is 1. The molecular formula is C14H14ClN3O2. The molecule has 0 bridgehead atoms. The summed E-state index contributed by atoms with van der Waals surface area (Å²) in [7, 11) is 1.60. The van der Waals surface area contributed by atoms with Crippen LogP contribution in [0.25, 0.3) is 0 Å². The van der Waals surface area contributed by atoms with Crippen molar-refractivity contribution in [1.29, 1.82) is 0 Å². The van der Waals surface area contributed by atoms with Crippen molar-refractivity contribution < 1.29 is 9.53 Å². The van der Waals surface area contributed by atoms with Crippen LogP contribution in [-0.2, 0) is 11.3 Å². The van der Waals surface area contributed by atoms with Crippen LogP contribution < -0.4 is 9.64 Å².